The number of amides is 1. The van der Waals surface area contributed by atoms with E-state index >= 15 is 0 Å². The van der Waals surface area contributed by atoms with Crippen LogP contribution < -0.4 is 11.1 Å². The van der Waals surface area contributed by atoms with Crippen molar-refractivity contribution in [3.05, 3.63) is 33.1 Å². The maximum atomic E-state index is 13.1. The zero-order valence-corrected chi connectivity index (χ0v) is 18.3. The fourth-order valence-corrected chi connectivity index (χ4v) is 4.66. The molecule has 29 heavy (non-hydrogen) atoms. The normalized spacial score (nSPS) is 15.1. The molecule has 1 fully saturated rings. The van der Waals surface area contributed by atoms with Crippen LogP contribution in [0, 0.1) is 0 Å². The molecule has 152 valence electrons. The number of benzene rings is 1. The van der Waals surface area contributed by atoms with Gasteiger partial charge in [-0.1, -0.05) is 29.3 Å². The van der Waals surface area contributed by atoms with Crippen LogP contribution in [0.3, 0.4) is 0 Å². The predicted octanol–water partition coefficient (Wildman–Crippen LogP) is 3.68. The second-order valence-electron chi connectivity index (χ2n) is 6.90. The molecule has 0 bridgehead atoms. The van der Waals surface area contributed by atoms with Gasteiger partial charge in [-0.2, -0.15) is 0 Å². The Kier molecular flexibility index (Phi) is 5.52. The Morgan fingerprint density at radius 2 is 1.90 bits per heavy atom. The number of fused-ring (bicyclic) bond motifs is 1. The van der Waals surface area contributed by atoms with Crippen molar-refractivity contribution in [3.8, 4) is 11.3 Å². The van der Waals surface area contributed by atoms with Crippen molar-refractivity contribution >= 4 is 62.3 Å². The van der Waals surface area contributed by atoms with Gasteiger partial charge in [-0.15, -0.1) is 11.3 Å². The van der Waals surface area contributed by atoms with E-state index in [-0.39, 0.29) is 5.91 Å². The molecular weight excluding hydrogens is 431 g/mol. The smallest absolute Gasteiger partial charge is 0.266 e. The number of hydrogen-bond acceptors (Lipinski definition) is 7. The van der Waals surface area contributed by atoms with Crippen molar-refractivity contribution in [2.24, 2.45) is 0 Å². The summed E-state index contributed by atoms with van der Waals surface area (Å²) in [7, 11) is 3.79. The van der Waals surface area contributed by atoms with E-state index in [4.69, 9.17) is 28.9 Å². The number of carbonyl (C=O) groups is 1. The van der Waals surface area contributed by atoms with Crippen LogP contribution in [0.4, 0.5) is 11.6 Å². The zero-order valence-electron chi connectivity index (χ0n) is 16.0. The third kappa shape index (κ3) is 3.73. The van der Waals surface area contributed by atoms with Crippen molar-refractivity contribution in [3.63, 3.8) is 0 Å². The average Bonchev–Trinajstić information content (AvgIpc) is 3.06. The van der Waals surface area contributed by atoms with Gasteiger partial charge in [0, 0.05) is 38.8 Å². The van der Waals surface area contributed by atoms with Crippen molar-refractivity contribution in [2.75, 3.05) is 51.3 Å². The summed E-state index contributed by atoms with van der Waals surface area (Å²) in [6, 6.07) is 5.28. The summed E-state index contributed by atoms with van der Waals surface area (Å²) >= 11 is 13.6. The van der Waals surface area contributed by atoms with Crippen LogP contribution in [-0.2, 0) is 0 Å². The van der Waals surface area contributed by atoms with Gasteiger partial charge in [-0.3, -0.25) is 4.79 Å². The van der Waals surface area contributed by atoms with Crippen LogP contribution in [0.1, 0.15) is 9.67 Å². The molecule has 1 aliphatic rings. The van der Waals surface area contributed by atoms with E-state index in [1.54, 1.807) is 19.2 Å². The summed E-state index contributed by atoms with van der Waals surface area (Å²) in [5, 5.41) is 4.50. The highest BCUT2D eigenvalue weighted by Gasteiger charge is 2.27. The Hall–Kier alpha value is -2.13. The maximum Gasteiger partial charge on any atom is 0.266 e. The highest BCUT2D eigenvalue weighted by atomic mass is 35.5. The van der Waals surface area contributed by atoms with Crippen LogP contribution >= 0.6 is 34.5 Å². The number of likely N-dealkylation sites (N-methyl/N-ethyl adjacent to an activating group) is 1. The summed E-state index contributed by atoms with van der Waals surface area (Å²) in [6.07, 6.45) is 0. The molecule has 1 aromatic carbocycles. The van der Waals surface area contributed by atoms with Gasteiger partial charge in [0.15, 0.2) is 0 Å². The van der Waals surface area contributed by atoms with Crippen molar-refractivity contribution in [1.29, 1.82) is 0 Å². The first-order valence-corrected chi connectivity index (χ1v) is 10.7. The molecule has 1 aliphatic heterocycles. The number of nitrogens with two attached hydrogens (primary N) is 1. The molecule has 0 atom stereocenters. The molecule has 10 heteroatoms. The first kappa shape index (κ1) is 20.2. The quantitative estimate of drug-likeness (QED) is 0.632. The predicted molar refractivity (Wildman–Crippen MR) is 120 cm³/mol. The summed E-state index contributed by atoms with van der Waals surface area (Å²) in [5.74, 6) is 0.378. The number of nitrogens with zero attached hydrogens (tertiary/aromatic N) is 4. The average molecular weight is 451 g/mol. The van der Waals surface area contributed by atoms with Gasteiger partial charge in [0.25, 0.3) is 5.91 Å². The number of halogens is 2. The molecule has 7 nitrogen and oxygen atoms in total. The molecule has 2 aromatic heterocycles. The number of hydrogen-bond donors (Lipinski definition) is 2. The molecule has 0 spiro atoms. The molecule has 0 aliphatic carbocycles. The van der Waals surface area contributed by atoms with Crippen molar-refractivity contribution in [2.45, 2.75) is 0 Å². The van der Waals surface area contributed by atoms with Crippen LogP contribution in [0.5, 0.6) is 0 Å². The molecule has 3 heterocycles. The second-order valence-corrected chi connectivity index (χ2v) is 8.71. The summed E-state index contributed by atoms with van der Waals surface area (Å²) in [6.45, 7) is 3.04. The van der Waals surface area contributed by atoms with Gasteiger partial charge in [-0.05, 0) is 19.2 Å². The van der Waals surface area contributed by atoms with Crippen LogP contribution in [0.2, 0.25) is 10.0 Å². The molecule has 1 amide bonds. The monoisotopic (exact) mass is 450 g/mol. The first-order valence-electron chi connectivity index (χ1n) is 9.10. The minimum absolute atomic E-state index is 0.0651. The number of carbonyl (C=O) groups excluding carboxylic acids is 1. The molecule has 3 aromatic rings. The Balaban J connectivity index is 1.84. The van der Waals surface area contributed by atoms with E-state index < -0.39 is 0 Å². The Labute approximate surface area is 182 Å². The van der Waals surface area contributed by atoms with Gasteiger partial charge >= 0.3 is 0 Å². The second kappa shape index (κ2) is 7.95. The molecule has 0 radical (unpaired) electrons. The van der Waals surface area contributed by atoms with E-state index in [1.165, 1.54) is 11.3 Å². The molecule has 1 saturated heterocycles. The first-order chi connectivity index (χ1) is 13.9. The standard InChI is InChI=1S/C19H20Cl2N6OS/c1-23-19-24-15(10-3-4-11(20)12(21)9-10)13-14(22)16(29-17(13)25-19)18(28)27-7-5-26(2)6-8-27/h3-4,9H,5-8,22H2,1-2H3,(H,23,24,25). The molecule has 4 rings (SSSR count). The van der Waals surface area contributed by atoms with Gasteiger partial charge in [0.05, 0.1) is 26.8 Å². The number of nitrogen functional groups attached to an aromatic ring is 1. The number of rotatable bonds is 3. The number of thiophene rings is 1. The number of aromatic nitrogens is 2. The molecule has 0 unspecified atom stereocenters. The Morgan fingerprint density at radius 3 is 2.55 bits per heavy atom. The van der Waals surface area contributed by atoms with E-state index in [0.29, 0.717) is 55.6 Å². The van der Waals surface area contributed by atoms with E-state index in [2.05, 4.69) is 20.2 Å². The molecule has 0 saturated carbocycles. The SMILES string of the molecule is CNc1nc(-c2ccc(Cl)c(Cl)c2)c2c(N)c(C(=O)N3CCN(C)CC3)sc2n1. The minimum atomic E-state index is -0.0651. The van der Waals surface area contributed by atoms with Gasteiger partial charge in [0.2, 0.25) is 5.95 Å². The van der Waals surface area contributed by atoms with E-state index in [1.807, 2.05) is 18.0 Å². The lowest BCUT2D eigenvalue weighted by atomic mass is 10.1. The van der Waals surface area contributed by atoms with E-state index in [9.17, 15) is 4.79 Å². The number of anilines is 2. The van der Waals surface area contributed by atoms with Crippen molar-refractivity contribution in [1.82, 2.24) is 19.8 Å². The highest BCUT2D eigenvalue weighted by Crippen LogP contribution is 2.40. The third-order valence-corrected chi connectivity index (χ3v) is 6.82. The number of piperazine rings is 1. The number of nitrogens with one attached hydrogen (secondary N) is 1. The van der Waals surface area contributed by atoms with Crippen molar-refractivity contribution < 1.29 is 4.79 Å². The minimum Gasteiger partial charge on any atom is -0.397 e. The topological polar surface area (TPSA) is 87.4 Å². The summed E-state index contributed by atoms with van der Waals surface area (Å²) in [4.78, 5) is 27.4. The lowest BCUT2D eigenvalue weighted by molar-refractivity contribution is 0.0670. The summed E-state index contributed by atoms with van der Waals surface area (Å²) in [5.41, 5.74) is 8.24. The largest absolute Gasteiger partial charge is 0.397 e. The Bertz CT molecular complexity index is 1090. The highest BCUT2D eigenvalue weighted by molar-refractivity contribution is 7.21. The summed E-state index contributed by atoms with van der Waals surface area (Å²) < 4.78 is 0. The van der Waals surface area contributed by atoms with Crippen LogP contribution in [-0.4, -0.2) is 65.9 Å². The fraction of sp³-hybridized carbons (Fsp3) is 0.316. The zero-order chi connectivity index (χ0) is 20.7. The van der Waals surface area contributed by atoms with Gasteiger partial charge in [0.1, 0.15) is 9.71 Å². The van der Waals surface area contributed by atoms with Crippen LogP contribution in [0.25, 0.3) is 21.5 Å². The molecular formula is C19H20Cl2N6OS. The maximum absolute atomic E-state index is 13.1. The van der Waals surface area contributed by atoms with E-state index in [0.717, 1.165) is 18.7 Å². The lowest BCUT2D eigenvalue weighted by Gasteiger charge is -2.32. The van der Waals surface area contributed by atoms with Gasteiger partial charge < -0.3 is 20.9 Å². The Morgan fingerprint density at radius 1 is 1.17 bits per heavy atom. The lowest BCUT2D eigenvalue weighted by Crippen LogP contribution is -2.47. The van der Waals surface area contributed by atoms with Gasteiger partial charge in [-0.25, -0.2) is 9.97 Å². The molecule has 3 N–H and O–H groups in total. The third-order valence-electron chi connectivity index (χ3n) is 4.99. The fourth-order valence-electron chi connectivity index (χ4n) is 3.30. The van der Waals surface area contributed by atoms with Crippen LogP contribution in [0.15, 0.2) is 18.2 Å².